The zero-order chi connectivity index (χ0) is 76.0. The first-order valence-corrected chi connectivity index (χ1v) is 43.0. The molecular weight excluding hydrogens is 1330 g/mol. The number of carbonyl (C=O) groups excluding carboxylic acids is 1. The van der Waals surface area contributed by atoms with Crippen LogP contribution in [-0.2, 0) is 33.2 Å². The van der Waals surface area contributed by atoms with Crippen LogP contribution in [0, 0.1) is 0 Å². The Bertz CT molecular complexity index is 2130. The SMILES string of the molecule is CC/C=C\C/C=C\C/C=C\C/C=C\C/C=C\CCCCCCCCCCCCCCCC(=O)NC(COC1OC(CO)C(OC2OC(CO)C(OC3OC(CO)C(O)C(O)C3O)C(O)C2O)C(O)C1O)C(O)CCCCCCCCCCCCCCCCCCCCCCCCCCCCCCCCC. The number of aliphatic hydroxyl groups excluding tert-OH is 11. The fourth-order valence-corrected chi connectivity index (χ4v) is 14.5. The lowest BCUT2D eigenvalue weighted by Crippen LogP contribution is -2.66. The van der Waals surface area contributed by atoms with Crippen LogP contribution in [0.5, 0.6) is 0 Å². The van der Waals surface area contributed by atoms with Crippen molar-refractivity contribution >= 4 is 5.91 Å². The zero-order valence-corrected chi connectivity index (χ0v) is 66.0. The fraction of sp³-hybridized carbons (Fsp3) is 0.872. The van der Waals surface area contributed by atoms with Gasteiger partial charge >= 0.3 is 0 Å². The van der Waals surface area contributed by atoms with Crippen molar-refractivity contribution in [3.05, 3.63) is 60.8 Å². The molecule has 17 unspecified atom stereocenters. The van der Waals surface area contributed by atoms with Gasteiger partial charge in [-0.1, -0.05) is 344 Å². The molecule has 3 rings (SSSR count). The van der Waals surface area contributed by atoms with Crippen LogP contribution in [0.4, 0.5) is 0 Å². The van der Waals surface area contributed by atoms with Crippen LogP contribution in [-0.4, -0.2) is 193 Å². The second-order valence-electron chi connectivity index (χ2n) is 30.6. The summed E-state index contributed by atoms with van der Waals surface area (Å²) in [5, 5.41) is 121. The third-order valence-corrected chi connectivity index (χ3v) is 21.4. The molecule has 19 nitrogen and oxygen atoms in total. The maximum atomic E-state index is 13.5. The van der Waals surface area contributed by atoms with Gasteiger partial charge in [-0.2, -0.15) is 0 Å². The molecule has 12 N–H and O–H groups in total. The Morgan fingerprint density at radius 2 is 0.657 bits per heavy atom. The molecule has 614 valence electrons. The van der Waals surface area contributed by atoms with Gasteiger partial charge in [0.05, 0.1) is 38.6 Å². The predicted octanol–water partition coefficient (Wildman–Crippen LogP) is 15.4. The van der Waals surface area contributed by atoms with E-state index in [0.717, 1.165) is 83.5 Å². The van der Waals surface area contributed by atoms with Crippen LogP contribution in [0.2, 0.25) is 0 Å². The molecular formula is C86H157NO18. The highest BCUT2D eigenvalue weighted by atomic mass is 16.8. The highest BCUT2D eigenvalue weighted by Gasteiger charge is 2.54. The molecule has 17 atom stereocenters. The molecule has 3 saturated heterocycles. The van der Waals surface area contributed by atoms with Crippen molar-refractivity contribution < 1.29 is 89.4 Å². The van der Waals surface area contributed by atoms with E-state index in [1.165, 1.54) is 231 Å². The molecule has 3 heterocycles. The largest absolute Gasteiger partial charge is 0.394 e. The van der Waals surface area contributed by atoms with E-state index in [1.807, 2.05) is 0 Å². The number of unbranched alkanes of at least 4 members (excludes halogenated alkanes) is 43. The van der Waals surface area contributed by atoms with E-state index in [2.05, 4.69) is 79.9 Å². The topological polar surface area (TPSA) is 307 Å². The average molecular weight is 1490 g/mol. The fourth-order valence-electron chi connectivity index (χ4n) is 14.5. The second-order valence-corrected chi connectivity index (χ2v) is 30.6. The molecule has 19 heteroatoms. The Kier molecular flexibility index (Phi) is 60.9. The second kappa shape index (κ2) is 66.1. The highest BCUT2D eigenvalue weighted by Crippen LogP contribution is 2.33. The zero-order valence-electron chi connectivity index (χ0n) is 66.0. The van der Waals surface area contributed by atoms with Gasteiger partial charge in [-0.05, 0) is 57.8 Å². The number of amides is 1. The summed E-state index contributed by atoms with van der Waals surface area (Å²) in [7, 11) is 0. The van der Waals surface area contributed by atoms with Crippen molar-refractivity contribution in [3.63, 3.8) is 0 Å². The first kappa shape index (κ1) is 96.7. The van der Waals surface area contributed by atoms with E-state index in [0.29, 0.717) is 12.8 Å². The van der Waals surface area contributed by atoms with Crippen molar-refractivity contribution in [2.24, 2.45) is 0 Å². The number of allylic oxidation sites excluding steroid dienone is 10. The van der Waals surface area contributed by atoms with Crippen LogP contribution in [0.3, 0.4) is 0 Å². The minimum absolute atomic E-state index is 0.241. The number of rotatable bonds is 69. The normalized spacial score (nSPS) is 26.0. The lowest BCUT2D eigenvalue weighted by Gasteiger charge is -2.48. The molecule has 3 fully saturated rings. The maximum Gasteiger partial charge on any atom is 0.220 e. The Morgan fingerprint density at radius 3 is 1.03 bits per heavy atom. The summed E-state index contributed by atoms with van der Waals surface area (Å²) in [6, 6.07) is -0.893. The van der Waals surface area contributed by atoms with Crippen LogP contribution in [0.1, 0.15) is 348 Å². The third-order valence-electron chi connectivity index (χ3n) is 21.4. The first-order chi connectivity index (χ1) is 51.3. The van der Waals surface area contributed by atoms with Gasteiger partial charge in [0.2, 0.25) is 5.91 Å². The predicted molar refractivity (Wildman–Crippen MR) is 420 cm³/mol. The number of hydrogen-bond donors (Lipinski definition) is 12. The summed E-state index contributed by atoms with van der Waals surface area (Å²) in [5.74, 6) is -0.241. The Hall–Kier alpha value is -2.51. The van der Waals surface area contributed by atoms with E-state index in [4.69, 9.17) is 28.4 Å². The molecule has 0 saturated carbocycles. The van der Waals surface area contributed by atoms with E-state index in [-0.39, 0.29) is 18.9 Å². The van der Waals surface area contributed by atoms with Gasteiger partial charge in [-0.25, -0.2) is 0 Å². The molecule has 0 aliphatic carbocycles. The Morgan fingerprint density at radius 1 is 0.352 bits per heavy atom. The average Bonchev–Trinajstić information content (AvgIpc) is 0.781. The van der Waals surface area contributed by atoms with Crippen molar-refractivity contribution in [2.75, 3.05) is 26.4 Å². The number of nitrogens with one attached hydrogen (secondary N) is 1. The molecule has 3 aliphatic rings. The molecule has 0 radical (unpaired) electrons. The van der Waals surface area contributed by atoms with Crippen molar-refractivity contribution in [1.29, 1.82) is 0 Å². The smallest absolute Gasteiger partial charge is 0.220 e. The molecule has 0 bridgehead atoms. The third kappa shape index (κ3) is 45.6. The molecule has 0 aromatic heterocycles. The highest BCUT2D eigenvalue weighted by molar-refractivity contribution is 5.76. The van der Waals surface area contributed by atoms with Gasteiger partial charge in [0, 0.05) is 6.42 Å². The number of hydrogen-bond acceptors (Lipinski definition) is 18. The van der Waals surface area contributed by atoms with Gasteiger partial charge in [-0.3, -0.25) is 4.79 Å². The molecule has 105 heavy (non-hydrogen) atoms. The Balaban J connectivity index is 1.34. The van der Waals surface area contributed by atoms with E-state index < -0.39 is 124 Å². The number of ether oxygens (including phenoxy) is 6. The summed E-state index contributed by atoms with van der Waals surface area (Å²) in [6.45, 7) is 1.74. The van der Waals surface area contributed by atoms with Crippen LogP contribution < -0.4 is 5.32 Å². The van der Waals surface area contributed by atoms with Crippen LogP contribution in [0.15, 0.2) is 60.8 Å². The minimum Gasteiger partial charge on any atom is -0.394 e. The lowest BCUT2D eigenvalue weighted by molar-refractivity contribution is -0.379. The maximum absolute atomic E-state index is 13.5. The van der Waals surface area contributed by atoms with Gasteiger partial charge in [0.25, 0.3) is 0 Å². The summed E-state index contributed by atoms with van der Waals surface area (Å²) in [5.41, 5.74) is 0. The van der Waals surface area contributed by atoms with E-state index in [1.54, 1.807) is 0 Å². The number of aliphatic hydroxyl groups is 11. The standard InChI is InChI=1S/C86H157NO18/c1-3-5-7-9-11-13-15-17-19-21-23-25-27-29-31-33-34-36-37-39-41-43-45-47-49-51-53-55-57-59-61-63-70(91)69(87-74(92)64-62-60-58-56-54-52-50-48-46-44-42-40-38-35-32-30-28-26-24-22-20-18-16-14-12-10-8-6-4-2)68-100-84-80(98)77(95)82(72(66-89)102-84)105-86-81(99)78(96)83(73(67-90)103-86)104-85-79(97)76(94)75(93)71(65-88)101-85/h6,8,12,14,18,20,24,26,30,32,69-73,75-86,88-91,93-99H,3-5,7,9-11,13,15-17,19,21-23,25,27-29,31,33-68H2,1-2H3,(H,87,92)/b8-6-,14-12-,20-18-,26-24-,32-30-. The van der Waals surface area contributed by atoms with Gasteiger partial charge in [0.15, 0.2) is 18.9 Å². The molecule has 3 aliphatic heterocycles. The van der Waals surface area contributed by atoms with E-state index >= 15 is 0 Å². The van der Waals surface area contributed by atoms with Crippen molar-refractivity contribution in [1.82, 2.24) is 5.32 Å². The quantitative estimate of drug-likeness (QED) is 0.0199. The number of carbonyl (C=O) groups is 1. The monoisotopic (exact) mass is 1490 g/mol. The summed E-state index contributed by atoms with van der Waals surface area (Å²) in [6.07, 6.45) is 58.8. The Labute approximate surface area is 636 Å². The first-order valence-electron chi connectivity index (χ1n) is 43.0. The molecule has 0 aromatic rings. The van der Waals surface area contributed by atoms with Crippen LogP contribution in [0.25, 0.3) is 0 Å². The van der Waals surface area contributed by atoms with Crippen LogP contribution >= 0.6 is 0 Å². The van der Waals surface area contributed by atoms with Gasteiger partial charge < -0.3 is 89.9 Å². The lowest BCUT2D eigenvalue weighted by atomic mass is 9.96. The van der Waals surface area contributed by atoms with Crippen molar-refractivity contribution in [3.8, 4) is 0 Å². The van der Waals surface area contributed by atoms with E-state index in [9.17, 15) is 61.0 Å². The summed E-state index contributed by atoms with van der Waals surface area (Å²) < 4.78 is 34.6. The van der Waals surface area contributed by atoms with Crippen molar-refractivity contribution in [2.45, 2.75) is 452 Å². The summed E-state index contributed by atoms with van der Waals surface area (Å²) in [4.78, 5) is 13.5. The van der Waals surface area contributed by atoms with Gasteiger partial charge in [-0.15, -0.1) is 0 Å². The minimum atomic E-state index is -1.98. The van der Waals surface area contributed by atoms with Gasteiger partial charge in [0.1, 0.15) is 73.2 Å². The summed E-state index contributed by atoms with van der Waals surface area (Å²) >= 11 is 0. The molecule has 0 spiro atoms. The molecule has 0 aromatic carbocycles. The molecule has 1 amide bonds.